The number of hydrogen-bond donors (Lipinski definition) is 0. The molecular formula is C18H13NO. The fraction of sp³-hybridized carbons (Fsp3) is 0.0556. The zero-order valence-electron chi connectivity index (χ0n) is 11.1. The van der Waals surface area contributed by atoms with Gasteiger partial charge in [-0.05, 0) is 34.4 Å². The minimum atomic E-state index is 0.787. The zero-order chi connectivity index (χ0) is 13.7. The molecule has 0 unspecified atom stereocenters. The summed E-state index contributed by atoms with van der Waals surface area (Å²) in [5.41, 5.74) is 1.94. The van der Waals surface area contributed by atoms with E-state index in [1.807, 2.05) is 31.4 Å². The Morgan fingerprint density at radius 1 is 0.950 bits per heavy atom. The largest absolute Gasteiger partial charge is 0.351 e. The number of rotatable bonds is 1. The minimum absolute atomic E-state index is 0.787. The standard InChI is InChI=1S/C18H13NO/c1-19-9-8-15-17(19)7-6-13-10-12-4-2-3-5-14(12)16(11-20)18(13)15/h2-11H,1H3. The number of carbonyl (C=O) groups is 1. The first kappa shape index (κ1) is 11.2. The van der Waals surface area contributed by atoms with E-state index in [1.54, 1.807) is 0 Å². The van der Waals surface area contributed by atoms with Crippen molar-refractivity contribution in [3.05, 3.63) is 60.3 Å². The lowest BCUT2D eigenvalue weighted by Crippen LogP contribution is -1.89. The first-order chi connectivity index (χ1) is 9.79. The predicted molar refractivity (Wildman–Crippen MR) is 83.3 cm³/mol. The van der Waals surface area contributed by atoms with Crippen LogP contribution in [0.25, 0.3) is 32.4 Å². The maximum absolute atomic E-state index is 11.7. The summed E-state index contributed by atoms with van der Waals surface area (Å²) in [6, 6.07) is 16.5. The first-order valence-corrected chi connectivity index (χ1v) is 6.64. The second-order valence-corrected chi connectivity index (χ2v) is 5.15. The quantitative estimate of drug-likeness (QED) is 0.369. The maximum atomic E-state index is 11.7. The highest BCUT2D eigenvalue weighted by Crippen LogP contribution is 2.33. The van der Waals surface area contributed by atoms with Gasteiger partial charge in [0.25, 0.3) is 0 Å². The van der Waals surface area contributed by atoms with E-state index in [-0.39, 0.29) is 0 Å². The van der Waals surface area contributed by atoms with Gasteiger partial charge in [-0.3, -0.25) is 4.79 Å². The van der Waals surface area contributed by atoms with E-state index in [0.29, 0.717) is 0 Å². The molecule has 2 heteroatoms. The average Bonchev–Trinajstić information content (AvgIpc) is 2.86. The third-order valence-electron chi connectivity index (χ3n) is 4.05. The van der Waals surface area contributed by atoms with Crippen LogP contribution in [0.3, 0.4) is 0 Å². The van der Waals surface area contributed by atoms with Crippen molar-refractivity contribution < 1.29 is 4.79 Å². The molecule has 0 aliphatic heterocycles. The van der Waals surface area contributed by atoms with E-state index in [1.165, 1.54) is 0 Å². The molecule has 0 amide bonds. The molecule has 20 heavy (non-hydrogen) atoms. The molecule has 0 atom stereocenters. The molecule has 1 heterocycles. The zero-order valence-corrected chi connectivity index (χ0v) is 11.1. The molecule has 3 aromatic carbocycles. The van der Waals surface area contributed by atoms with Crippen molar-refractivity contribution in [2.24, 2.45) is 7.05 Å². The highest BCUT2D eigenvalue weighted by Gasteiger charge is 2.11. The fourth-order valence-electron chi connectivity index (χ4n) is 3.08. The molecule has 0 saturated carbocycles. The maximum Gasteiger partial charge on any atom is 0.151 e. The van der Waals surface area contributed by atoms with Crippen molar-refractivity contribution in [3.63, 3.8) is 0 Å². The van der Waals surface area contributed by atoms with E-state index in [4.69, 9.17) is 0 Å². The lowest BCUT2D eigenvalue weighted by atomic mass is 9.95. The average molecular weight is 259 g/mol. The molecule has 0 spiro atoms. The fourth-order valence-corrected chi connectivity index (χ4v) is 3.08. The van der Waals surface area contributed by atoms with Gasteiger partial charge >= 0.3 is 0 Å². The van der Waals surface area contributed by atoms with Crippen LogP contribution in [0.15, 0.2) is 54.7 Å². The van der Waals surface area contributed by atoms with E-state index in [0.717, 1.165) is 44.3 Å². The van der Waals surface area contributed by atoms with Crippen LogP contribution in [0.2, 0.25) is 0 Å². The first-order valence-electron chi connectivity index (χ1n) is 6.64. The number of benzene rings is 3. The second kappa shape index (κ2) is 3.94. The Balaban J connectivity index is 2.35. The summed E-state index contributed by atoms with van der Waals surface area (Å²) in [5.74, 6) is 0. The summed E-state index contributed by atoms with van der Waals surface area (Å²) in [6.45, 7) is 0. The van der Waals surface area contributed by atoms with Crippen LogP contribution in [0, 0.1) is 0 Å². The SMILES string of the molecule is Cn1ccc2c3c(C=O)c4ccccc4cc3ccc21. The van der Waals surface area contributed by atoms with Crippen LogP contribution in [-0.4, -0.2) is 10.9 Å². The molecule has 0 N–H and O–H groups in total. The van der Waals surface area contributed by atoms with E-state index < -0.39 is 0 Å². The number of carbonyl (C=O) groups excluding carboxylic acids is 1. The van der Waals surface area contributed by atoms with Crippen LogP contribution in [-0.2, 0) is 7.05 Å². The van der Waals surface area contributed by atoms with Crippen molar-refractivity contribution in [3.8, 4) is 0 Å². The van der Waals surface area contributed by atoms with Gasteiger partial charge in [-0.2, -0.15) is 0 Å². The van der Waals surface area contributed by atoms with Gasteiger partial charge < -0.3 is 4.57 Å². The lowest BCUT2D eigenvalue weighted by Gasteiger charge is -2.08. The second-order valence-electron chi connectivity index (χ2n) is 5.15. The summed E-state index contributed by atoms with van der Waals surface area (Å²) in [6.07, 6.45) is 3.02. The van der Waals surface area contributed by atoms with Crippen LogP contribution in [0.1, 0.15) is 10.4 Å². The summed E-state index contributed by atoms with van der Waals surface area (Å²) in [7, 11) is 2.02. The van der Waals surface area contributed by atoms with Crippen LogP contribution in [0.4, 0.5) is 0 Å². The number of fused-ring (bicyclic) bond motifs is 4. The summed E-state index contributed by atoms with van der Waals surface area (Å²) in [5, 5.41) is 5.43. The molecule has 96 valence electrons. The van der Waals surface area contributed by atoms with E-state index in [9.17, 15) is 4.79 Å². The van der Waals surface area contributed by atoms with E-state index in [2.05, 4.69) is 34.9 Å². The number of aryl methyl sites for hydroxylation is 1. The Bertz CT molecular complexity index is 979. The van der Waals surface area contributed by atoms with Crippen LogP contribution in [0.5, 0.6) is 0 Å². The van der Waals surface area contributed by atoms with E-state index >= 15 is 0 Å². The molecular weight excluding hydrogens is 246 g/mol. The minimum Gasteiger partial charge on any atom is -0.351 e. The van der Waals surface area contributed by atoms with Crippen molar-refractivity contribution in [1.29, 1.82) is 0 Å². The summed E-state index contributed by atoms with van der Waals surface area (Å²) in [4.78, 5) is 11.7. The Kier molecular flexibility index (Phi) is 2.21. The Morgan fingerprint density at radius 2 is 1.80 bits per heavy atom. The normalized spacial score (nSPS) is 11.4. The number of nitrogens with zero attached hydrogens (tertiary/aromatic N) is 1. The van der Waals surface area contributed by atoms with Gasteiger partial charge in [-0.1, -0.05) is 30.3 Å². The van der Waals surface area contributed by atoms with Crippen molar-refractivity contribution in [1.82, 2.24) is 4.57 Å². The lowest BCUT2D eigenvalue weighted by molar-refractivity contribution is 0.112. The molecule has 2 nitrogen and oxygen atoms in total. The molecule has 1 aromatic heterocycles. The number of aromatic nitrogens is 1. The predicted octanol–water partition coefficient (Wildman–Crippen LogP) is 4.30. The molecule has 0 bridgehead atoms. The van der Waals surface area contributed by atoms with Gasteiger partial charge in [0.2, 0.25) is 0 Å². The summed E-state index contributed by atoms with van der Waals surface area (Å²) < 4.78 is 2.08. The molecule has 4 rings (SSSR count). The van der Waals surface area contributed by atoms with Gasteiger partial charge in [0.05, 0.1) is 0 Å². The summed E-state index contributed by atoms with van der Waals surface area (Å²) >= 11 is 0. The number of aldehydes is 1. The Morgan fingerprint density at radius 3 is 2.65 bits per heavy atom. The van der Waals surface area contributed by atoms with Crippen molar-refractivity contribution in [2.75, 3.05) is 0 Å². The number of hydrogen-bond acceptors (Lipinski definition) is 1. The molecule has 0 saturated heterocycles. The molecule has 0 aliphatic rings. The van der Waals surface area contributed by atoms with Crippen molar-refractivity contribution >= 4 is 38.7 Å². The van der Waals surface area contributed by atoms with Gasteiger partial charge in [-0.25, -0.2) is 0 Å². The Hall–Kier alpha value is -2.61. The topological polar surface area (TPSA) is 22.0 Å². The van der Waals surface area contributed by atoms with Gasteiger partial charge in [0, 0.05) is 35.1 Å². The van der Waals surface area contributed by atoms with Gasteiger partial charge in [0.15, 0.2) is 6.29 Å². The van der Waals surface area contributed by atoms with Crippen molar-refractivity contribution in [2.45, 2.75) is 0 Å². The van der Waals surface area contributed by atoms with Crippen LogP contribution >= 0.6 is 0 Å². The third kappa shape index (κ3) is 1.36. The molecule has 4 aromatic rings. The van der Waals surface area contributed by atoms with Gasteiger partial charge in [0.1, 0.15) is 0 Å². The molecule has 0 fully saturated rings. The van der Waals surface area contributed by atoms with Crippen LogP contribution < -0.4 is 0 Å². The highest BCUT2D eigenvalue weighted by molar-refractivity contribution is 6.20. The third-order valence-corrected chi connectivity index (χ3v) is 4.05. The molecule has 0 radical (unpaired) electrons. The molecule has 0 aliphatic carbocycles. The highest BCUT2D eigenvalue weighted by atomic mass is 16.1. The monoisotopic (exact) mass is 259 g/mol. The Labute approximate surface area is 116 Å². The van der Waals surface area contributed by atoms with Gasteiger partial charge in [-0.15, -0.1) is 0 Å². The smallest absolute Gasteiger partial charge is 0.151 e.